The second-order valence-corrected chi connectivity index (χ2v) is 8.36. The molecule has 4 rings (SSSR count). The van der Waals surface area contributed by atoms with E-state index in [-0.39, 0.29) is 30.5 Å². The number of hydrogen-bond donors (Lipinski definition) is 1. The van der Waals surface area contributed by atoms with Crippen molar-refractivity contribution in [2.24, 2.45) is 0 Å². The topological polar surface area (TPSA) is 109 Å². The summed E-state index contributed by atoms with van der Waals surface area (Å²) in [6.45, 7) is 0.148. The molecule has 0 aliphatic carbocycles. The van der Waals surface area contributed by atoms with Gasteiger partial charge in [0, 0.05) is 6.54 Å². The van der Waals surface area contributed by atoms with Crippen LogP contribution in [-0.2, 0) is 23.1 Å². The summed E-state index contributed by atoms with van der Waals surface area (Å²) < 4.78 is 50.9. The van der Waals surface area contributed by atoms with Crippen LogP contribution in [0.4, 0.5) is 10.1 Å². The van der Waals surface area contributed by atoms with Gasteiger partial charge in [0.2, 0.25) is 10.0 Å². The predicted octanol–water partition coefficient (Wildman–Crippen LogP) is 1.68. The van der Waals surface area contributed by atoms with Crippen LogP contribution in [0.25, 0.3) is 0 Å². The normalized spacial score (nSPS) is 15.9. The second-order valence-electron chi connectivity index (χ2n) is 6.46. The summed E-state index contributed by atoms with van der Waals surface area (Å²) in [5.41, 5.74) is 1.06. The van der Waals surface area contributed by atoms with E-state index in [0.29, 0.717) is 11.4 Å². The molecule has 2 heterocycles. The number of nitrogens with zero attached hydrogens (tertiary/aromatic N) is 3. The monoisotopic (exact) mass is 420 g/mol. The highest BCUT2D eigenvalue weighted by Gasteiger charge is 2.36. The molecule has 152 valence electrons. The average molecular weight is 420 g/mol. The smallest absolute Gasteiger partial charge is 0.438 e. The summed E-state index contributed by atoms with van der Waals surface area (Å²) in [6.07, 6.45) is 0. The van der Waals surface area contributed by atoms with E-state index < -0.39 is 21.6 Å². The first-order valence-electron chi connectivity index (χ1n) is 8.59. The Morgan fingerprint density at radius 1 is 1.21 bits per heavy atom. The van der Waals surface area contributed by atoms with E-state index >= 15 is 0 Å². The highest BCUT2D eigenvalue weighted by molar-refractivity contribution is 7.89. The van der Waals surface area contributed by atoms with Gasteiger partial charge in [-0.1, -0.05) is 17.3 Å². The third kappa shape index (κ3) is 3.74. The van der Waals surface area contributed by atoms with Crippen molar-refractivity contribution in [2.75, 3.05) is 18.7 Å². The molecule has 0 saturated carbocycles. The lowest BCUT2D eigenvalue weighted by Gasteiger charge is -2.37. The number of ether oxygens (including phenoxy) is 1. The lowest BCUT2D eigenvalue weighted by atomic mass is 10.2. The lowest BCUT2D eigenvalue weighted by Crippen LogP contribution is -2.45. The van der Waals surface area contributed by atoms with E-state index in [1.165, 1.54) is 16.4 Å². The highest BCUT2D eigenvalue weighted by Crippen LogP contribution is 2.35. The molecule has 0 atom stereocenters. The number of hydrogen-bond acceptors (Lipinski definition) is 7. The minimum absolute atomic E-state index is 0.0120. The van der Waals surface area contributed by atoms with Gasteiger partial charge in [0.25, 0.3) is 0 Å². The zero-order valence-electron chi connectivity index (χ0n) is 15.3. The molecule has 0 fully saturated rings. The Balaban J connectivity index is 1.70. The van der Waals surface area contributed by atoms with Crippen LogP contribution in [0.1, 0.15) is 11.4 Å². The molecule has 1 N–H and O–H groups in total. The Morgan fingerprint density at radius 3 is 2.62 bits per heavy atom. The van der Waals surface area contributed by atoms with Crippen molar-refractivity contribution in [2.45, 2.75) is 18.0 Å². The number of anilines is 1. The van der Waals surface area contributed by atoms with Crippen LogP contribution < -0.4 is 15.4 Å². The van der Waals surface area contributed by atoms with Gasteiger partial charge in [0.05, 0.1) is 26.0 Å². The number of fused-ring (bicyclic) bond motifs is 1. The first-order valence-corrected chi connectivity index (χ1v) is 10.0. The standard InChI is InChI=1S/C18H17FN4O5S/c1-27-14-5-2-12(3-6-14)9-23-11-22(10-17-20-18(24)28-21-17)15-7-4-13(19)8-16(15)29(23,25)26/h2-8H,9-11H2,1H3,(H,20,21,24). The molecule has 0 unspecified atom stereocenters. The number of halogens is 1. The van der Waals surface area contributed by atoms with Crippen molar-refractivity contribution in [3.8, 4) is 5.75 Å². The summed E-state index contributed by atoms with van der Waals surface area (Å²) in [7, 11) is -2.39. The minimum atomic E-state index is -3.93. The zero-order valence-corrected chi connectivity index (χ0v) is 16.1. The molecular formula is C18H17FN4O5S. The van der Waals surface area contributed by atoms with E-state index in [2.05, 4.69) is 14.7 Å². The van der Waals surface area contributed by atoms with Crippen molar-refractivity contribution in [1.82, 2.24) is 14.4 Å². The van der Waals surface area contributed by atoms with E-state index in [4.69, 9.17) is 4.74 Å². The lowest BCUT2D eigenvalue weighted by molar-refractivity contribution is 0.371. The minimum Gasteiger partial charge on any atom is -0.497 e. The third-order valence-electron chi connectivity index (χ3n) is 4.55. The summed E-state index contributed by atoms with van der Waals surface area (Å²) in [4.78, 5) is 15.2. The van der Waals surface area contributed by atoms with Crippen molar-refractivity contribution >= 4 is 15.7 Å². The molecule has 11 heteroatoms. The van der Waals surface area contributed by atoms with Gasteiger partial charge < -0.3 is 9.64 Å². The van der Waals surface area contributed by atoms with Gasteiger partial charge in [-0.15, -0.1) is 0 Å². The maximum absolute atomic E-state index is 13.8. The molecule has 3 aromatic rings. The number of nitrogens with one attached hydrogen (secondary N) is 1. The Hall–Kier alpha value is -3.18. The quantitative estimate of drug-likeness (QED) is 0.669. The molecule has 0 spiro atoms. The predicted molar refractivity (Wildman–Crippen MR) is 100 cm³/mol. The first-order chi connectivity index (χ1) is 13.9. The van der Waals surface area contributed by atoms with Gasteiger partial charge in [-0.05, 0) is 35.9 Å². The van der Waals surface area contributed by atoms with Gasteiger partial charge in [-0.25, -0.2) is 17.6 Å². The molecule has 0 bridgehead atoms. The largest absolute Gasteiger partial charge is 0.497 e. The fourth-order valence-electron chi connectivity index (χ4n) is 3.15. The fraction of sp³-hybridized carbons (Fsp3) is 0.222. The van der Waals surface area contributed by atoms with E-state index in [1.54, 1.807) is 36.3 Å². The molecule has 0 amide bonds. The van der Waals surface area contributed by atoms with Gasteiger partial charge in [0.15, 0.2) is 5.82 Å². The van der Waals surface area contributed by atoms with Crippen LogP contribution in [0.5, 0.6) is 5.75 Å². The van der Waals surface area contributed by atoms with Gasteiger partial charge in [-0.2, -0.15) is 4.31 Å². The Kier molecular flexibility index (Phi) is 4.84. The Labute approximate surface area is 165 Å². The van der Waals surface area contributed by atoms with Gasteiger partial charge in [0.1, 0.15) is 16.5 Å². The summed E-state index contributed by atoms with van der Waals surface area (Å²) in [5.74, 6) is -0.485. The molecule has 1 aliphatic rings. The second kappa shape index (κ2) is 7.33. The van der Waals surface area contributed by atoms with Gasteiger partial charge >= 0.3 is 5.76 Å². The van der Waals surface area contributed by atoms with Crippen molar-refractivity contribution in [1.29, 1.82) is 0 Å². The number of rotatable bonds is 5. The van der Waals surface area contributed by atoms with Gasteiger partial charge in [-0.3, -0.25) is 9.51 Å². The van der Waals surface area contributed by atoms with Crippen LogP contribution in [0.2, 0.25) is 0 Å². The summed E-state index contributed by atoms with van der Waals surface area (Å²) >= 11 is 0. The van der Waals surface area contributed by atoms with Crippen molar-refractivity contribution in [3.05, 3.63) is 70.2 Å². The molecule has 1 aliphatic heterocycles. The van der Waals surface area contributed by atoms with E-state index in [9.17, 15) is 17.6 Å². The molecule has 1 aromatic heterocycles. The van der Waals surface area contributed by atoms with E-state index in [0.717, 1.165) is 11.6 Å². The summed E-state index contributed by atoms with van der Waals surface area (Å²) in [6, 6.07) is 10.6. The average Bonchev–Trinajstić information content (AvgIpc) is 3.11. The third-order valence-corrected chi connectivity index (χ3v) is 6.36. The van der Waals surface area contributed by atoms with Crippen LogP contribution in [-0.4, -0.2) is 36.6 Å². The molecule has 9 nitrogen and oxygen atoms in total. The molecular weight excluding hydrogens is 403 g/mol. The number of methoxy groups -OCH3 is 1. The van der Waals surface area contributed by atoms with E-state index in [1.807, 2.05) is 0 Å². The summed E-state index contributed by atoms with van der Waals surface area (Å²) in [5, 5.41) is 3.62. The van der Waals surface area contributed by atoms with Crippen LogP contribution in [0.3, 0.4) is 0 Å². The molecule has 29 heavy (non-hydrogen) atoms. The number of sulfonamides is 1. The SMILES string of the molecule is COc1ccc(CN2CN(Cc3noc(=O)[nH]3)c3ccc(F)cc3S2(=O)=O)cc1. The maximum Gasteiger partial charge on any atom is 0.438 e. The van der Waals surface area contributed by atoms with Crippen LogP contribution in [0, 0.1) is 5.82 Å². The maximum atomic E-state index is 13.8. The van der Waals surface area contributed by atoms with Crippen LogP contribution >= 0.6 is 0 Å². The Bertz CT molecular complexity index is 1190. The number of benzene rings is 2. The molecule has 0 saturated heterocycles. The first kappa shape index (κ1) is 19.2. The number of aromatic amines is 1. The molecule has 0 radical (unpaired) electrons. The van der Waals surface area contributed by atoms with Crippen molar-refractivity contribution < 1.29 is 22.1 Å². The fourth-order valence-corrected chi connectivity index (χ4v) is 4.76. The number of aromatic nitrogens is 2. The Morgan fingerprint density at radius 2 is 1.97 bits per heavy atom. The van der Waals surface area contributed by atoms with Crippen LogP contribution in [0.15, 0.2) is 56.7 Å². The van der Waals surface area contributed by atoms with Crippen molar-refractivity contribution in [3.63, 3.8) is 0 Å². The molecule has 2 aromatic carbocycles. The zero-order chi connectivity index (χ0) is 20.6. The highest BCUT2D eigenvalue weighted by atomic mass is 32.2. The number of H-pyrrole nitrogens is 1.